The van der Waals surface area contributed by atoms with Gasteiger partial charge in [0.25, 0.3) is 5.91 Å². The number of oxazole rings is 1. The number of thioether (sulfide) groups is 1. The highest BCUT2D eigenvalue weighted by Crippen LogP contribution is 2.37. The molecule has 6 nitrogen and oxygen atoms in total. The summed E-state index contributed by atoms with van der Waals surface area (Å²) in [6, 6.07) is 37.4. The number of hydrogen-bond acceptors (Lipinski definition) is 5. The number of halogens is 1. The summed E-state index contributed by atoms with van der Waals surface area (Å²) in [7, 11) is 0. The number of anilines is 2. The first-order chi connectivity index (χ1) is 20.5. The number of aromatic nitrogens is 1. The molecule has 6 rings (SSSR count). The van der Waals surface area contributed by atoms with E-state index in [1.807, 2.05) is 91.0 Å². The molecule has 206 valence electrons. The van der Waals surface area contributed by atoms with Crippen molar-refractivity contribution >= 4 is 46.1 Å². The third-order valence-corrected chi connectivity index (χ3v) is 7.78. The number of benzene rings is 5. The van der Waals surface area contributed by atoms with Gasteiger partial charge in [0.2, 0.25) is 11.8 Å². The van der Waals surface area contributed by atoms with Gasteiger partial charge in [-0.05, 0) is 78.4 Å². The van der Waals surface area contributed by atoms with E-state index in [2.05, 4.69) is 15.6 Å². The van der Waals surface area contributed by atoms with Crippen LogP contribution >= 0.6 is 11.8 Å². The van der Waals surface area contributed by atoms with Crippen molar-refractivity contribution in [3.63, 3.8) is 0 Å². The van der Waals surface area contributed by atoms with Gasteiger partial charge in [0, 0.05) is 21.8 Å². The van der Waals surface area contributed by atoms with E-state index in [-0.39, 0.29) is 11.5 Å². The van der Waals surface area contributed by atoms with Crippen LogP contribution in [-0.2, 0) is 4.79 Å². The van der Waals surface area contributed by atoms with Gasteiger partial charge in [-0.1, -0.05) is 54.6 Å². The zero-order valence-corrected chi connectivity index (χ0v) is 23.0. The fraction of sp³-hybridized carbons (Fsp3) is 0.0294. The Morgan fingerprint density at radius 1 is 0.714 bits per heavy atom. The molecule has 0 bridgehead atoms. The minimum Gasteiger partial charge on any atom is -0.436 e. The van der Waals surface area contributed by atoms with Crippen LogP contribution < -0.4 is 10.6 Å². The molecule has 8 heteroatoms. The van der Waals surface area contributed by atoms with E-state index in [0.717, 1.165) is 21.5 Å². The number of rotatable bonds is 8. The minimum absolute atomic E-state index is 0.0290. The molecule has 0 aliphatic carbocycles. The fourth-order valence-corrected chi connectivity index (χ4v) is 5.42. The second kappa shape index (κ2) is 12.1. The number of nitrogens with zero attached hydrogens (tertiary/aromatic N) is 1. The smallest absolute Gasteiger partial charge is 0.258 e. The number of carbonyl (C=O) groups is 2. The van der Waals surface area contributed by atoms with Crippen LogP contribution in [0.5, 0.6) is 0 Å². The van der Waals surface area contributed by atoms with E-state index in [1.165, 1.54) is 30.0 Å². The van der Waals surface area contributed by atoms with Crippen LogP contribution in [0.1, 0.15) is 21.2 Å². The average Bonchev–Trinajstić information content (AvgIpc) is 3.46. The average molecular weight is 574 g/mol. The van der Waals surface area contributed by atoms with Crippen LogP contribution in [0.3, 0.4) is 0 Å². The van der Waals surface area contributed by atoms with Gasteiger partial charge < -0.3 is 15.1 Å². The van der Waals surface area contributed by atoms with Gasteiger partial charge in [0.15, 0.2) is 5.58 Å². The number of fused-ring (bicyclic) bond motifs is 1. The normalized spacial score (nSPS) is 11.6. The SMILES string of the molecule is O=C(Nc1ccc(SC(C(=O)Nc2ccc(-c3nc4ccccc4o3)cc2)c2ccccc2)cc1)c1ccccc1F. The Hall–Kier alpha value is -5.21. The quantitative estimate of drug-likeness (QED) is 0.179. The number of nitrogens with one attached hydrogen (secondary N) is 2. The van der Waals surface area contributed by atoms with Gasteiger partial charge in [-0.2, -0.15) is 0 Å². The maximum atomic E-state index is 14.0. The molecule has 0 saturated carbocycles. The molecule has 1 heterocycles. The standard InChI is InChI=1S/C34H24FN3O3S/c35-28-11-5-4-10-27(28)32(39)36-25-18-20-26(21-19-25)42-31(22-8-2-1-3-9-22)33(40)37-24-16-14-23(15-17-24)34-38-29-12-6-7-13-30(29)41-34/h1-21,31H,(H,36,39)(H,37,40). The maximum absolute atomic E-state index is 14.0. The van der Waals surface area contributed by atoms with Crippen molar-refractivity contribution in [1.82, 2.24) is 4.98 Å². The topological polar surface area (TPSA) is 84.2 Å². The lowest BCUT2D eigenvalue weighted by Crippen LogP contribution is -2.19. The van der Waals surface area contributed by atoms with Crippen molar-refractivity contribution in [2.24, 2.45) is 0 Å². The maximum Gasteiger partial charge on any atom is 0.258 e. The second-order valence-electron chi connectivity index (χ2n) is 9.42. The summed E-state index contributed by atoms with van der Waals surface area (Å²) in [6.45, 7) is 0. The highest BCUT2D eigenvalue weighted by Gasteiger charge is 2.22. The largest absolute Gasteiger partial charge is 0.436 e. The summed E-state index contributed by atoms with van der Waals surface area (Å²) >= 11 is 1.39. The molecule has 42 heavy (non-hydrogen) atoms. The monoisotopic (exact) mass is 573 g/mol. The Labute approximate surface area is 245 Å². The fourth-order valence-electron chi connectivity index (χ4n) is 4.40. The van der Waals surface area contributed by atoms with Gasteiger partial charge in [-0.25, -0.2) is 9.37 Å². The molecular formula is C34H24FN3O3S. The molecule has 0 saturated heterocycles. The lowest BCUT2D eigenvalue weighted by atomic mass is 10.1. The molecule has 1 unspecified atom stereocenters. The second-order valence-corrected chi connectivity index (χ2v) is 10.6. The van der Waals surface area contributed by atoms with E-state index in [0.29, 0.717) is 22.8 Å². The van der Waals surface area contributed by atoms with E-state index in [1.54, 1.807) is 18.2 Å². The van der Waals surface area contributed by atoms with Crippen LogP contribution in [0.2, 0.25) is 0 Å². The molecule has 6 aromatic rings. The van der Waals surface area contributed by atoms with Gasteiger partial charge in [-0.15, -0.1) is 11.8 Å². The molecule has 0 aliphatic heterocycles. The molecule has 2 amide bonds. The van der Waals surface area contributed by atoms with Gasteiger partial charge in [0.1, 0.15) is 16.6 Å². The Bertz CT molecular complexity index is 1820. The number of amides is 2. The van der Waals surface area contributed by atoms with Gasteiger partial charge >= 0.3 is 0 Å². The van der Waals surface area contributed by atoms with Crippen molar-refractivity contribution in [2.75, 3.05) is 10.6 Å². The van der Waals surface area contributed by atoms with E-state index in [4.69, 9.17) is 4.42 Å². The lowest BCUT2D eigenvalue weighted by Gasteiger charge is -2.17. The van der Waals surface area contributed by atoms with Crippen molar-refractivity contribution in [2.45, 2.75) is 10.1 Å². The first-order valence-electron chi connectivity index (χ1n) is 13.2. The Kier molecular flexibility index (Phi) is 7.79. The van der Waals surface area contributed by atoms with Crippen LogP contribution in [0.4, 0.5) is 15.8 Å². The molecule has 0 spiro atoms. The van der Waals surface area contributed by atoms with Crippen LogP contribution in [0.25, 0.3) is 22.6 Å². The molecule has 0 radical (unpaired) electrons. The van der Waals surface area contributed by atoms with Crippen molar-refractivity contribution < 1.29 is 18.4 Å². The molecule has 1 atom stereocenters. The Balaban J connectivity index is 1.16. The summed E-state index contributed by atoms with van der Waals surface area (Å²) in [6.07, 6.45) is 0. The van der Waals surface area contributed by atoms with Crippen molar-refractivity contribution in [1.29, 1.82) is 0 Å². The first-order valence-corrected chi connectivity index (χ1v) is 14.1. The zero-order valence-electron chi connectivity index (χ0n) is 22.2. The van der Waals surface area contributed by atoms with Gasteiger partial charge in [0.05, 0.1) is 5.56 Å². The van der Waals surface area contributed by atoms with Crippen molar-refractivity contribution in [3.05, 3.63) is 144 Å². The number of para-hydroxylation sites is 2. The van der Waals surface area contributed by atoms with Crippen LogP contribution in [0, 0.1) is 5.82 Å². The van der Waals surface area contributed by atoms with Crippen LogP contribution in [0.15, 0.2) is 137 Å². The van der Waals surface area contributed by atoms with E-state index in [9.17, 15) is 14.0 Å². The number of hydrogen-bond donors (Lipinski definition) is 2. The van der Waals surface area contributed by atoms with E-state index < -0.39 is 17.0 Å². The predicted octanol–water partition coefficient (Wildman–Crippen LogP) is 8.36. The van der Waals surface area contributed by atoms with E-state index >= 15 is 0 Å². The molecular weight excluding hydrogens is 549 g/mol. The summed E-state index contributed by atoms with van der Waals surface area (Å²) < 4.78 is 19.8. The van der Waals surface area contributed by atoms with Crippen molar-refractivity contribution in [3.8, 4) is 11.5 Å². The van der Waals surface area contributed by atoms with Crippen LogP contribution in [-0.4, -0.2) is 16.8 Å². The highest BCUT2D eigenvalue weighted by atomic mass is 32.2. The Morgan fingerprint density at radius 3 is 2.10 bits per heavy atom. The lowest BCUT2D eigenvalue weighted by molar-refractivity contribution is -0.115. The molecule has 1 aromatic heterocycles. The predicted molar refractivity (Wildman–Crippen MR) is 164 cm³/mol. The third-order valence-electron chi connectivity index (χ3n) is 6.52. The minimum atomic E-state index is -0.584. The first kappa shape index (κ1) is 27.0. The summed E-state index contributed by atoms with van der Waals surface area (Å²) in [5, 5.41) is 5.20. The molecule has 0 aliphatic rings. The van der Waals surface area contributed by atoms with Gasteiger partial charge in [-0.3, -0.25) is 9.59 Å². The molecule has 2 N–H and O–H groups in total. The molecule has 5 aromatic carbocycles. The Morgan fingerprint density at radius 2 is 1.36 bits per heavy atom. The summed E-state index contributed by atoms with van der Waals surface area (Å²) in [5.41, 5.74) is 4.29. The third kappa shape index (κ3) is 6.09. The summed E-state index contributed by atoms with van der Waals surface area (Å²) in [4.78, 5) is 31.4. The zero-order chi connectivity index (χ0) is 28.9. The highest BCUT2D eigenvalue weighted by molar-refractivity contribution is 8.00. The summed E-state index contributed by atoms with van der Waals surface area (Å²) in [5.74, 6) is -0.782. The number of carbonyl (C=O) groups excluding carboxylic acids is 2. The molecule has 0 fully saturated rings.